The lowest BCUT2D eigenvalue weighted by Gasteiger charge is -2.36. The summed E-state index contributed by atoms with van der Waals surface area (Å²) in [5.41, 5.74) is 0. The van der Waals surface area contributed by atoms with Crippen LogP contribution in [0.1, 0.15) is 194 Å². The molecule has 8 heteroatoms. The summed E-state index contributed by atoms with van der Waals surface area (Å²) in [6.45, 7) is 7.86. The van der Waals surface area contributed by atoms with E-state index in [2.05, 4.69) is 45.2 Å². The fourth-order valence-corrected chi connectivity index (χ4v) is 6.72. The van der Waals surface area contributed by atoms with Gasteiger partial charge in [-0.1, -0.05) is 141 Å². The zero-order valence-electron chi connectivity index (χ0n) is 36.2. The van der Waals surface area contributed by atoms with Gasteiger partial charge in [-0.3, -0.25) is 9.59 Å². The number of halogens is 1. The number of hydrogen-bond donors (Lipinski definition) is 0. The lowest BCUT2D eigenvalue weighted by Crippen LogP contribution is -3.00. The third-order valence-corrected chi connectivity index (χ3v) is 10.3. The van der Waals surface area contributed by atoms with E-state index >= 15 is 0 Å². The Hall–Kier alpha value is -0.970. The number of esters is 2. The minimum atomic E-state index is -0.498. The molecule has 0 heterocycles. The normalized spacial score (nSPS) is 12.4. The van der Waals surface area contributed by atoms with E-state index in [0.717, 1.165) is 64.5 Å². The maximum atomic E-state index is 12.9. The Kier molecular flexibility index (Phi) is 44.1. The summed E-state index contributed by atoms with van der Waals surface area (Å²) < 4.78 is 23.1. The molecule has 7 nitrogen and oxygen atoms in total. The summed E-state index contributed by atoms with van der Waals surface area (Å²) in [6.07, 6.45) is 41.5. The summed E-state index contributed by atoms with van der Waals surface area (Å²) in [4.78, 5) is 25.6. The number of likely N-dealkylation sites (N-methyl/N-ethyl adjacent to an activating group) is 1. The lowest BCUT2D eigenvalue weighted by atomic mass is 10.1. The Labute approximate surface area is 352 Å². The molecule has 54 heavy (non-hydrogen) atoms. The van der Waals surface area contributed by atoms with E-state index in [1.165, 1.54) is 116 Å². The number of allylic oxidation sites excluding steroid dienone is 4. The maximum Gasteiger partial charge on any atom is 0.306 e. The van der Waals surface area contributed by atoms with Crippen LogP contribution in [0.15, 0.2) is 24.3 Å². The van der Waals surface area contributed by atoms with E-state index < -0.39 is 6.10 Å². The molecule has 0 radical (unpaired) electrons. The van der Waals surface area contributed by atoms with Crippen LogP contribution in [0.2, 0.25) is 0 Å². The van der Waals surface area contributed by atoms with Gasteiger partial charge in [0.2, 0.25) is 0 Å². The van der Waals surface area contributed by atoms with Crippen molar-refractivity contribution in [2.75, 3.05) is 60.7 Å². The van der Waals surface area contributed by atoms with E-state index in [0.29, 0.717) is 37.1 Å². The Morgan fingerprint density at radius 1 is 0.519 bits per heavy atom. The van der Waals surface area contributed by atoms with Crippen LogP contribution in [0.5, 0.6) is 0 Å². The molecule has 0 rings (SSSR count). The van der Waals surface area contributed by atoms with Crippen molar-refractivity contribution in [2.24, 2.45) is 0 Å². The van der Waals surface area contributed by atoms with Crippen molar-refractivity contribution >= 4 is 11.9 Å². The van der Waals surface area contributed by atoms with E-state index in [1.807, 2.05) is 0 Å². The molecule has 0 aliphatic rings. The molecule has 0 N–H and O–H groups in total. The smallest absolute Gasteiger partial charge is 0.306 e. The number of carbonyl (C=O) groups excluding carboxylic acids is 2. The molecule has 0 spiro atoms. The standard InChI is InChI=1S/C46H88NO6.HI/c1-6-8-10-12-14-16-18-20-22-24-26-28-30-32-34-36-45(48)52-43-44(42-47(3,38-40-50-4)39-41-51-5)53-46(49)37-35-33-31-29-27-25-23-21-19-17-15-13-11-9-7-2;/h20-23,44H,6-19,24-43H2,1-5H3;1H/q+1;/p-1/b22-20+,23-21+;. The van der Waals surface area contributed by atoms with E-state index in [1.54, 1.807) is 14.2 Å². The average Bonchev–Trinajstić information content (AvgIpc) is 3.15. The molecule has 0 aromatic heterocycles. The monoisotopic (exact) mass is 878 g/mol. The Balaban J connectivity index is 0. The summed E-state index contributed by atoms with van der Waals surface area (Å²) in [6, 6.07) is 0. The van der Waals surface area contributed by atoms with Crippen LogP contribution < -0.4 is 24.0 Å². The average molecular weight is 878 g/mol. The van der Waals surface area contributed by atoms with Gasteiger partial charge < -0.3 is 47.4 Å². The highest BCUT2D eigenvalue weighted by molar-refractivity contribution is 5.70. The molecule has 0 saturated carbocycles. The largest absolute Gasteiger partial charge is 1.00 e. The van der Waals surface area contributed by atoms with E-state index in [9.17, 15) is 9.59 Å². The van der Waals surface area contributed by atoms with Crippen molar-refractivity contribution in [2.45, 2.75) is 200 Å². The molecule has 0 amide bonds. The Bertz CT molecular complexity index is 858. The van der Waals surface area contributed by atoms with Crippen LogP contribution in [-0.4, -0.2) is 83.2 Å². The van der Waals surface area contributed by atoms with Crippen molar-refractivity contribution in [1.29, 1.82) is 0 Å². The summed E-state index contributed by atoms with van der Waals surface area (Å²) >= 11 is 0. The van der Waals surface area contributed by atoms with E-state index in [4.69, 9.17) is 18.9 Å². The Morgan fingerprint density at radius 3 is 1.26 bits per heavy atom. The van der Waals surface area contributed by atoms with Crippen LogP contribution in [0.4, 0.5) is 0 Å². The summed E-state index contributed by atoms with van der Waals surface area (Å²) in [7, 11) is 5.52. The SMILES string of the molecule is CCCCCCCC/C=C/CCCCCCCC(=O)OCC(C[N+](C)(CCOC)CCOC)OC(=O)CCCCCCC/C=C/CCCCCCCC.[I-]. The number of nitrogens with zero attached hydrogens (tertiary/aromatic N) is 1. The molecule has 1 atom stereocenters. The van der Waals surface area contributed by atoms with Crippen LogP contribution in [-0.2, 0) is 28.5 Å². The van der Waals surface area contributed by atoms with Gasteiger partial charge in [0.1, 0.15) is 26.2 Å². The number of carbonyl (C=O) groups is 2. The van der Waals surface area contributed by atoms with Gasteiger partial charge in [0, 0.05) is 27.1 Å². The molecule has 320 valence electrons. The van der Waals surface area contributed by atoms with Gasteiger partial charge in [0.05, 0.1) is 20.3 Å². The minimum Gasteiger partial charge on any atom is -1.00 e. The molecular formula is C46H88INO6. The van der Waals surface area contributed by atoms with Gasteiger partial charge in [-0.05, 0) is 64.2 Å². The number of ether oxygens (including phenoxy) is 4. The van der Waals surface area contributed by atoms with E-state index in [-0.39, 0.29) is 42.5 Å². The highest BCUT2D eigenvalue weighted by Crippen LogP contribution is 2.15. The first-order valence-corrected chi connectivity index (χ1v) is 22.4. The van der Waals surface area contributed by atoms with Crippen molar-refractivity contribution in [3.8, 4) is 0 Å². The molecule has 0 aliphatic heterocycles. The van der Waals surface area contributed by atoms with Crippen molar-refractivity contribution < 1.29 is 57.0 Å². The highest BCUT2D eigenvalue weighted by atomic mass is 127. The fourth-order valence-electron chi connectivity index (χ4n) is 6.72. The van der Waals surface area contributed by atoms with Crippen LogP contribution in [0, 0.1) is 0 Å². The van der Waals surface area contributed by atoms with Crippen molar-refractivity contribution in [1.82, 2.24) is 0 Å². The second kappa shape index (κ2) is 43.2. The first kappa shape index (κ1) is 55.1. The maximum absolute atomic E-state index is 12.9. The molecule has 0 bridgehead atoms. The second-order valence-corrected chi connectivity index (χ2v) is 15.7. The van der Waals surface area contributed by atoms with Crippen LogP contribution in [0.25, 0.3) is 0 Å². The van der Waals surface area contributed by atoms with Gasteiger partial charge in [-0.25, -0.2) is 0 Å². The number of methoxy groups -OCH3 is 2. The zero-order chi connectivity index (χ0) is 38.9. The summed E-state index contributed by atoms with van der Waals surface area (Å²) in [5.74, 6) is -0.408. The van der Waals surface area contributed by atoms with Gasteiger partial charge in [0.25, 0.3) is 0 Å². The Morgan fingerprint density at radius 2 is 0.870 bits per heavy atom. The first-order valence-electron chi connectivity index (χ1n) is 22.4. The first-order chi connectivity index (χ1) is 25.9. The van der Waals surface area contributed by atoms with Crippen LogP contribution >= 0.6 is 0 Å². The molecule has 0 aliphatic carbocycles. The molecule has 0 aromatic carbocycles. The number of rotatable bonds is 41. The van der Waals surface area contributed by atoms with Crippen molar-refractivity contribution in [3.05, 3.63) is 24.3 Å². The highest BCUT2D eigenvalue weighted by Gasteiger charge is 2.30. The molecule has 0 aromatic rings. The van der Waals surface area contributed by atoms with Crippen molar-refractivity contribution in [3.63, 3.8) is 0 Å². The fraction of sp³-hybridized carbons (Fsp3) is 0.870. The predicted octanol–water partition coefficient (Wildman–Crippen LogP) is 9.26. The number of hydrogen-bond acceptors (Lipinski definition) is 6. The van der Waals surface area contributed by atoms with Gasteiger partial charge in [-0.15, -0.1) is 0 Å². The topological polar surface area (TPSA) is 71.1 Å². The molecular weight excluding hydrogens is 789 g/mol. The van der Waals surface area contributed by atoms with Gasteiger partial charge in [-0.2, -0.15) is 0 Å². The molecule has 1 unspecified atom stereocenters. The quantitative estimate of drug-likeness (QED) is 0.0201. The molecule has 0 fully saturated rings. The second-order valence-electron chi connectivity index (χ2n) is 15.7. The molecule has 0 saturated heterocycles. The van der Waals surface area contributed by atoms with Gasteiger partial charge >= 0.3 is 11.9 Å². The zero-order valence-corrected chi connectivity index (χ0v) is 38.4. The third-order valence-electron chi connectivity index (χ3n) is 10.3. The van der Waals surface area contributed by atoms with Crippen LogP contribution in [0.3, 0.4) is 0 Å². The minimum absolute atomic E-state index is 0. The third kappa shape index (κ3) is 39.3. The summed E-state index contributed by atoms with van der Waals surface area (Å²) in [5, 5.41) is 0. The lowest BCUT2D eigenvalue weighted by molar-refractivity contribution is -0.912. The number of quaternary nitrogens is 1. The predicted molar refractivity (Wildman–Crippen MR) is 224 cm³/mol. The van der Waals surface area contributed by atoms with Gasteiger partial charge in [0.15, 0.2) is 6.10 Å². The number of unbranched alkanes of at least 4 members (excludes halogenated alkanes) is 22.